The Hall–Kier alpha value is -1.13. The number of amides is 1. The van der Waals surface area contributed by atoms with E-state index in [0.29, 0.717) is 19.4 Å². The largest absolute Gasteiger partial charge is 0.388 e. The molecule has 17 heavy (non-hydrogen) atoms. The summed E-state index contributed by atoms with van der Waals surface area (Å²) < 4.78 is 13.5. The van der Waals surface area contributed by atoms with E-state index in [1.807, 2.05) is 0 Å². The van der Waals surface area contributed by atoms with Gasteiger partial charge in [-0.1, -0.05) is 23.7 Å². The van der Waals surface area contributed by atoms with Crippen molar-refractivity contribution in [3.8, 4) is 0 Å². The van der Waals surface area contributed by atoms with Gasteiger partial charge in [0.1, 0.15) is 5.82 Å². The molecule has 1 amide bonds. The molecule has 1 unspecified atom stereocenters. The molecule has 1 aromatic rings. The highest BCUT2D eigenvalue weighted by Gasteiger charge is 2.14. The summed E-state index contributed by atoms with van der Waals surface area (Å²) in [4.78, 5) is 10.6. The monoisotopic (exact) mass is 259 g/mol. The predicted molar refractivity (Wildman–Crippen MR) is 64.3 cm³/mol. The van der Waals surface area contributed by atoms with Gasteiger partial charge in [-0.15, -0.1) is 0 Å². The maximum absolute atomic E-state index is 13.5. The first-order valence-corrected chi connectivity index (χ1v) is 5.76. The van der Waals surface area contributed by atoms with Crippen LogP contribution in [0.2, 0.25) is 5.02 Å². The van der Waals surface area contributed by atoms with E-state index in [1.165, 1.54) is 19.1 Å². The molecule has 0 saturated heterocycles. The topological polar surface area (TPSA) is 49.3 Å². The number of halogens is 2. The van der Waals surface area contributed by atoms with E-state index in [-0.39, 0.29) is 16.5 Å². The van der Waals surface area contributed by atoms with Crippen LogP contribution in [0, 0.1) is 5.82 Å². The number of nitrogens with one attached hydrogen (secondary N) is 1. The van der Waals surface area contributed by atoms with Crippen molar-refractivity contribution >= 4 is 17.5 Å². The first-order chi connectivity index (χ1) is 8.02. The van der Waals surface area contributed by atoms with E-state index >= 15 is 0 Å². The van der Waals surface area contributed by atoms with Crippen LogP contribution in [0.1, 0.15) is 31.4 Å². The lowest BCUT2D eigenvalue weighted by atomic mass is 10.0. The average Bonchev–Trinajstić information content (AvgIpc) is 2.27. The fraction of sp³-hybridized carbons (Fsp3) is 0.417. The standard InChI is InChI=1S/C12H15ClFNO2/c1-8(16)15-7-3-6-11(17)9-4-2-5-10(13)12(9)14/h2,4-5,11,17H,3,6-7H2,1H3,(H,15,16). The highest BCUT2D eigenvalue weighted by Crippen LogP contribution is 2.25. The number of carbonyl (C=O) groups is 1. The van der Waals surface area contributed by atoms with Crippen LogP contribution in [0.25, 0.3) is 0 Å². The van der Waals surface area contributed by atoms with Gasteiger partial charge < -0.3 is 10.4 Å². The van der Waals surface area contributed by atoms with Gasteiger partial charge in [0.15, 0.2) is 0 Å². The van der Waals surface area contributed by atoms with Crippen molar-refractivity contribution in [2.45, 2.75) is 25.9 Å². The second-order valence-corrected chi connectivity index (χ2v) is 4.19. The molecule has 0 radical (unpaired) electrons. The second kappa shape index (κ2) is 6.57. The van der Waals surface area contributed by atoms with Crippen LogP contribution in [-0.4, -0.2) is 17.6 Å². The van der Waals surface area contributed by atoms with E-state index in [1.54, 1.807) is 6.07 Å². The zero-order valence-corrected chi connectivity index (χ0v) is 10.3. The minimum absolute atomic E-state index is 0.00316. The predicted octanol–water partition coefficient (Wildman–Crippen LogP) is 2.43. The maximum atomic E-state index is 13.5. The lowest BCUT2D eigenvalue weighted by Crippen LogP contribution is -2.21. The van der Waals surface area contributed by atoms with Crippen molar-refractivity contribution < 1.29 is 14.3 Å². The molecule has 0 bridgehead atoms. The molecule has 94 valence electrons. The lowest BCUT2D eigenvalue weighted by molar-refractivity contribution is -0.118. The van der Waals surface area contributed by atoms with Gasteiger partial charge in [-0.3, -0.25) is 4.79 Å². The molecule has 1 rings (SSSR count). The van der Waals surface area contributed by atoms with Crippen LogP contribution in [0.5, 0.6) is 0 Å². The number of hydrogen-bond donors (Lipinski definition) is 2. The van der Waals surface area contributed by atoms with Gasteiger partial charge in [-0.25, -0.2) is 4.39 Å². The van der Waals surface area contributed by atoms with Crippen molar-refractivity contribution in [1.29, 1.82) is 0 Å². The smallest absolute Gasteiger partial charge is 0.216 e. The van der Waals surface area contributed by atoms with Gasteiger partial charge >= 0.3 is 0 Å². The van der Waals surface area contributed by atoms with E-state index in [2.05, 4.69) is 5.32 Å². The summed E-state index contributed by atoms with van der Waals surface area (Å²) >= 11 is 5.62. The summed E-state index contributed by atoms with van der Waals surface area (Å²) in [7, 11) is 0. The third kappa shape index (κ3) is 4.32. The van der Waals surface area contributed by atoms with Crippen LogP contribution in [-0.2, 0) is 4.79 Å². The quantitative estimate of drug-likeness (QED) is 0.798. The third-order valence-electron chi connectivity index (χ3n) is 2.37. The van der Waals surface area contributed by atoms with Gasteiger partial charge in [0, 0.05) is 19.0 Å². The van der Waals surface area contributed by atoms with Gasteiger partial charge in [0.25, 0.3) is 0 Å². The molecular formula is C12H15ClFNO2. The van der Waals surface area contributed by atoms with Gasteiger partial charge in [-0.2, -0.15) is 0 Å². The molecule has 0 aliphatic carbocycles. The lowest BCUT2D eigenvalue weighted by Gasteiger charge is -2.12. The van der Waals surface area contributed by atoms with E-state index in [0.717, 1.165) is 0 Å². The van der Waals surface area contributed by atoms with Crippen molar-refractivity contribution in [2.24, 2.45) is 0 Å². The summed E-state index contributed by atoms with van der Waals surface area (Å²) in [5, 5.41) is 12.4. The minimum Gasteiger partial charge on any atom is -0.388 e. The van der Waals surface area contributed by atoms with Crippen molar-refractivity contribution in [2.75, 3.05) is 6.54 Å². The third-order valence-corrected chi connectivity index (χ3v) is 2.66. The average molecular weight is 260 g/mol. The number of carbonyl (C=O) groups excluding carboxylic acids is 1. The normalized spacial score (nSPS) is 12.2. The Morgan fingerprint density at radius 1 is 1.59 bits per heavy atom. The Morgan fingerprint density at radius 3 is 2.94 bits per heavy atom. The Bertz CT molecular complexity index is 398. The van der Waals surface area contributed by atoms with Crippen LogP contribution >= 0.6 is 11.6 Å². The van der Waals surface area contributed by atoms with Crippen molar-refractivity contribution in [3.05, 3.63) is 34.6 Å². The minimum atomic E-state index is -0.901. The van der Waals surface area contributed by atoms with Crippen LogP contribution < -0.4 is 5.32 Å². The number of aliphatic hydroxyl groups excluding tert-OH is 1. The summed E-state index contributed by atoms with van der Waals surface area (Å²) in [6.45, 7) is 1.89. The fourth-order valence-corrected chi connectivity index (χ4v) is 1.68. The van der Waals surface area contributed by atoms with Crippen LogP contribution in [0.3, 0.4) is 0 Å². The van der Waals surface area contributed by atoms with E-state index in [9.17, 15) is 14.3 Å². The molecule has 0 saturated carbocycles. The van der Waals surface area contributed by atoms with Crippen LogP contribution in [0.15, 0.2) is 18.2 Å². The summed E-state index contributed by atoms with van der Waals surface area (Å²) in [5.74, 6) is -0.699. The molecule has 1 aromatic carbocycles. The van der Waals surface area contributed by atoms with Crippen LogP contribution in [0.4, 0.5) is 4.39 Å². The molecule has 0 fully saturated rings. The molecule has 2 N–H and O–H groups in total. The van der Waals surface area contributed by atoms with E-state index in [4.69, 9.17) is 11.6 Å². The second-order valence-electron chi connectivity index (χ2n) is 3.78. The summed E-state index contributed by atoms with van der Waals surface area (Å²) in [5.41, 5.74) is 0.195. The van der Waals surface area contributed by atoms with Crippen molar-refractivity contribution in [1.82, 2.24) is 5.32 Å². The number of rotatable bonds is 5. The zero-order valence-electron chi connectivity index (χ0n) is 9.54. The molecule has 0 heterocycles. The van der Waals surface area contributed by atoms with Gasteiger partial charge in [0.05, 0.1) is 11.1 Å². The SMILES string of the molecule is CC(=O)NCCCC(O)c1cccc(Cl)c1F. The molecule has 0 aliphatic heterocycles. The zero-order chi connectivity index (χ0) is 12.8. The Balaban J connectivity index is 2.49. The molecule has 0 aromatic heterocycles. The summed E-state index contributed by atoms with van der Waals surface area (Å²) in [6, 6.07) is 4.53. The molecular weight excluding hydrogens is 245 g/mol. The first-order valence-electron chi connectivity index (χ1n) is 5.38. The Labute approximate surface area is 105 Å². The molecule has 3 nitrogen and oxygen atoms in total. The van der Waals surface area contributed by atoms with E-state index < -0.39 is 11.9 Å². The highest BCUT2D eigenvalue weighted by molar-refractivity contribution is 6.30. The molecule has 0 aliphatic rings. The molecule has 0 spiro atoms. The first kappa shape index (κ1) is 13.9. The highest BCUT2D eigenvalue weighted by atomic mass is 35.5. The summed E-state index contributed by atoms with van der Waals surface area (Å²) in [6.07, 6.45) is 0.0482. The molecule has 5 heteroatoms. The maximum Gasteiger partial charge on any atom is 0.216 e. The van der Waals surface area contributed by atoms with Gasteiger partial charge in [0.2, 0.25) is 5.91 Å². The van der Waals surface area contributed by atoms with Crippen molar-refractivity contribution in [3.63, 3.8) is 0 Å². The van der Waals surface area contributed by atoms with Gasteiger partial charge in [-0.05, 0) is 18.9 Å². The fourth-order valence-electron chi connectivity index (χ4n) is 1.49. The number of hydrogen-bond acceptors (Lipinski definition) is 2. The number of aliphatic hydroxyl groups is 1. The Kier molecular flexibility index (Phi) is 5.38. The Morgan fingerprint density at radius 2 is 2.29 bits per heavy atom. The molecule has 1 atom stereocenters. The number of benzene rings is 1.